The SMILES string of the molecule is CC1OC(NCCCN)C(O)C(O)C1O. The second-order valence-corrected chi connectivity index (χ2v) is 3.83. The molecule has 5 atom stereocenters. The van der Waals surface area contributed by atoms with E-state index in [2.05, 4.69) is 5.32 Å². The van der Waals surface area contributed by atoms with Crippen molar-refractivity contribution in [3.63, 3.8) is 0 Å². The molecule has 0 aliphatic carbocycles. The molecule has 90 valence electrons. The van der Waals surface area contributed by atoms with Gasteiger partial charge in [-0.2, -0.15) is 0 Å². The largest absolute Gasteiger partial charge is 0.388 e. The summed E-state index contributed by atoms with van der Waals surface area (Å²) >= 11 is 0. The Morgan fingerprint density at radius 3 is 2.47 bits per heavy atom. The highest BCUT2D eigenvalue weighted by Gasteiger charge is 2.41. The zero-order valence-electron chi connectivity index (χ0n) is 8.84. The molecule has 0 aromatic carbocycles. The molecule has 1 rings (SSSR count). The van der Waals surface area contributed by atoms with Gasteiger partial charge < -0.3 is 25.8 Å². The summed E-state index contributed by atoms with van der Waals surface area (Å²) in [6, 6.07) is 0. The molecule has 0 amide bonds. The Labute approximate surface area is 89.0 Å². The number of nitrogens with two attached hydrogens (primary N) is 1. The van der Waals surface area contributed by atoms with E-state index in [0.717, 1.165) is 6.42 Å². The van der Waals surface area contributed by atoms with Crippen molar-refractivity contribution in [1.29, 1.82) is 0 Å². The van der Waals surface area contributed by atoms with Crippen molar-refractivity contribution < 1.29 is 20.1 Å². The van der Waals surface area contributed by atoms with Gasteiger partial charge in [0.15, 0.2) is 0 Å². The minimum absolute atomic E-state index is 0.501. The van der Waals surface area contributed by atoms with Gasteiger partial charge in [0.1, 0.15) is 24.5 Å². The van der Waals surface area contributed by atoms with Crippen LogP contribution in [0.1, 0.15) is 13.3 Å². The Morgan fingerprint density at radius 1 is 1.20 bits per heavy atom. The molecule has 6 N–H and O–H groups in total. The molecule has 0 bridgehead atoms. The van der Waals surface area contributed by atoms with Crippen molar-refractivity contribution in [2.45, 2.75) is 44.0 Å². The summed E-state index contributed by atoms with van der Waals surface area (Å²) in [5, 5.41) is 31.4. The van der Waals surface area contributed by atoms with E-state index in [4.69, 9.17) is 10.5 Å². The molecule has 0 radical (unpaired) electrons. The standard InChI is InChI=1S/C9H20N2O4/c1-5-6(12)7(13)8(14)9(15-5)11-4-2-3-10/h5-9,11-14H,2-4,10H2,1H3. The fraction of sp³-hybridized carbons (Fsp3) is 1.00. The molecule has 0 aromatic heterocycles. The summed E-state index contributed by atoms with van der Waals surface area (Å²) in [6.45, 7) is 2.81. The maximum absolute atomic E-state index is 9.60. The molecule has 1 saturated heterocycles. The molecule has 0 saturated carbocycles. The normalized spacial score (nSPS) is 41.8. The maximum atomic E-state index is 9.60. The zero-order valence-corrected chi connectivity index (χ0v) is 8.84. The second kappa shape index (κ2) is 5.74. The third-order valence-corrected chi connectivity index (χ3v) is 2.58. The van der Waals surface area contributed by atoms with E-state index in [1.807, 2.05) is 0 Å². The quantitative estimate of drug-likeness (QED) is 0.343. The first-order valence-corrected chi connectivity index (χ1v) is 5.21. The van der Waals surface area contributed by atoms with Crippen LogP contribution in [0.4, 0.5) is 0 Å². The number of aliphatic hydroxyl groups excluding tert-OH is 3. The molecule has 1 aliphatic rings. The Balaban J connectivity index is 2.43. The van der Waals surface area contributed by atoms with E-state index in [0.29, 0.717) is 13.1 Å². The Bertz CT molecular complexity index is 193. The molecule has 6 heteroatoms. The molecule has 5 unspecified atom stereocenters. The van der Waals surface area contributed by atoms with Crippen molar-refractivity contribution in [3.8, 4) is 0 Å². The lowest BCUT2D eigenvalue weighted by Gasteiger charge is -2.39. The lowest BCUT2D eigenvalue weighted by atomic mass is 9.99. The molecule has 1 fully saturated rings. The summed E-state index contributed by atoms with van der Waals surface area (Å²) in [7, 11) is 0. The maximum Gasteiger partial charge on any atom is 0.137 e. The fourth-order valence-electron chi connectivity index (χ4n) is 1.57. The van der Waals surface area contributed by atoms with Crippen LogP contribution in [0.25, 0.3) is 0 Å². The average molecular weight is 220 g/mol. The van der Waals surface area contributed by atoms with Gasteiger partial charge in [-0.25, -0.2) is 0 Å². The third kappa shape index (κ3) is 3.10. The first-order chi connectivity index (χ1) is 7.07. The van der Waals surface area contributed by atoms with Gasteiger partial charge in [0.2, 0.25) is 0 Å². The second-order valence-electron chi connectivity index (χ2n) is 3.83. The van der Waals surface area contributed by atoms with Crippen LogP contribution < -0.4 is 11.1 Å². The van der Waals surface area contributed by atoms with Gasteiger partial charge in [0.05, 0.1) is 6.10 Å². The third-order valence-electron chi connectivity index (χ3n) is 2.58. The number of ether oxygens (including phenoxy) is 1. The smallest absolute Gasteiger partial charge is 0.137 e. The van der Waals surface area contributed by atoms with Crippen LogP contribution in [0.15, 0.2) is 0 Å². The molecular weight excluding hydrogens is 200 g/mol. The highest BCUT2D eigenvalue weighted by atomic mass is 16.5. The topological polar surface area (TPSA) is 108 Å². The number of aliphatic hydroxyl groups is 3. The number of rotatable bonds is 4. The van der Waals surface area contributed by atoms with Crippen molar-refractivity contribution >= 4 is 0 Å². The lowest BCUT2D eigenvalue weighted by Crippen LogP contribution is -2.61. The Kier molecular flexibility index (Phi) is 4.91. The van der Waals surface area contributed by atoms with Crippen LogP contribution in [0, 0.1) is 0 Å². The van der Waals surface area contributed by atoms with Crippen molar-refractivity contribution in [2.24, 2.45) is 5.73 Å². The van der Waals surface area contributed by atoms with E-state index in [-0.39, 0.29) is 0 Å². The average Bonchev–Trinajstić information content (AvgIpc) is 2.23. The van der Waals surface area contributed by atoms with E-state index >= 15 is 0 Å². The first kappa shape index (κ1) is 12.8. The van der Waals surface area contributed by atoms with Crippen molar-refractivity contribution in [2.75, 3.05) is 13.1 Å². The van der Waals surface area contributed by atoms with Gasteiger partial charge in [-0.05, 0) is 26.4 Å². The van der Waals surface area contributed by atoms with E-state index < -0.39 is 30.6 Å². The van der Waals surface area contributed by atoms with Crippen LogP contribution >= 0.6 is 0 Å². The minimum Gasteiger partial charge on any atom is -0.388 e. The summed E-state index contributed by atoms with van der Waals surface area (Å²) in [4.78, 5) is 0. The highest BCUT2D eigenvalue weighted by Crippen LogP contribution is 2.19. The molecular formula is C9H20N2O4. The first-order valence-electron chi connectivity index (χ1n) is 5.21. The monoisotopic (exact) mass is 220 g/mol. The predicted molar refractivity (Wildman–Crippen MR) is 54.0 cm³/mol. The fourth-order valence-corrected chi connectivity index (χ4v) is 1.57. The van der Waals surface area contributed by atoms with Crippen LogP contribution in [0.2, 0.25) is 0 Å². The van der Waals surface area contributed by atoms with Crippen molar-refractivity contribution in [3.05, 3.63) is 0 Å². The van der Waals surface area contributed by atoms with Crippen LogP contribution in [0.5, 0.6) is 0 Å². The van der Waals surface area contributed by atoms with Crippen molar-refractivity contribution in [1.82, 2.24) is 5.32 Å². The molecule has 0 spiro atoms. The van der Waals surface area contributed by atoms with E-state index in [1.165, 1.54) is 0 Å². The Hall–Kier alpha value is -0.240. The molecule has 0 aromatic rings. The molecule has 6 nitrogen and oxygen atoms in total. The van der Waals surface area contributed by atoms with Gasteiger partial charge >= 0.3 is 0 Å². The van der Waals surface area contributed by atoms with Gasteiger partial charge in [-0.3, -0.25) is 5.32 Å². The van der Waals surface area contributed by atoms with Crippen LogP contribution in [-0.4, -0.2) is 59.1 Å². The highest BCUT2D eigenvalue weighted by molar-refractivity contribution is 4.89. The molecule has 1 aliphatic heterocycles. The van der Waals surface area contributed by atoms with Crippen LogP contribution in [0.3, 0.4) is 0 Å². The summed E-state index contributed by atoms with van der Waals surface area (Å²) in [5.41, 5.74) is 5.32. The lowest BCUT2D eigenvalue weighted by molar-refractivity contribution is -0.224. The number of nitrogens with one attached hydrogen (secondary N) is 1. The Morgan fingerprint density at radius 2 is 1.87 bits per heavy atom. The van der Waals surface area contributed by atoms with E-state index in [1.54, 1.807) is 6.92 Å². The van der Waals surface area contributed by atoms with Gasteiger partial charge in [0, 0.05) is 0 Å². The van der Waals surface area contributed by atoms with E-state index in [9.17, 15) is 15.3 Å². The van der Waals surface area contributed by atoms with Crippen LogP contribution in [-0.2, 0) is 4.74 Å². The van der Waals surface area contributed by atoms with Gasteiger partial charge in [-0.15, -0.1) is 0 Å². The zero-order chi connectivity index (χ0) is 11.4. The van der Waals surface area contributed by atoms with Gasteiger partial charge in [-0.1, -0.05) is 0 Å². The van der Waals surface area contributed by atoms with Gasteiger partial charge in [0.25, 0.3) is 0 Å². The predicted octanol–water partition coefficient (Wildman–Crippen LogP) is -2.25. The summed E-state index contributed by atoms with van der Waals surface area (Å²) in [6.07, 6.45) is -3.73. The summed E-state index contributed by atoms with van der Waals surface area (Å²) < 4.78 is 5.32. The summed E-state index contributed by atoms with van der Waals surface area (Å²) in [5.74, 6) is 0. The molecule has 1 heterocycles. The minimum atomic E-state index is -1.18. The molecule has 15 heavy (non-hydrogen) atoms. The number of hydrogen-bond acceptors (Lipinski definition) is 6. The number of hydrogen-bond donors (Lipinski definition) is 5.